The monoisotopic (exact) mass is 455 g/mol. The minimum absolute atomic E-state index is 0.0301. The average Bonchev–Trinajstić information content (AvgIpc) is 3.53. The number of para-hydroxylation sites is 1. The number of anilines is 1. The van der Waals surface area contributed by atoms with E-state index in [0.717, 1.165) is 27.6 Å². The first-order valence-corrected chi connectivity index (χ1v) is 10.9. The molecule has 5 N–H and O–H groups in total. The number of aromatic amines is 1. The number of nitrogens with zero attached hydrogens (tertiary/aromatic N) is 1. The fraction of sp³-hybridized carbons (Fsp3) is 0.192. The van der Waals surface area contributed by atoms with Gasteiger partial charge in [-0.1, -0.05) is 30.3 Å². The molecule has 2 aromatic heterocycles. The van der Waals surface area contributed by atoms with E-state index in [0.29, 0.717) is 30.5 Å². The minimum atomic E-state index is -0.652. The van der Waals surface area contributed by atoms with Gasteiger partial charge in [0.2, 0.25) is 5.91 Å². The zero-order chi connectivity index (χ0) is 24.3. The Labute approximate surface area is 196 Å². The molecule has 1 aliphatic carbocycles. The number of hydrogen-bond acceptors (Lipinski definition) is 6. The summed E-state index contributed by atoms with van der Waals surface area (Å²) >= 11 is 0. The highest BCUT2D eigenvalue weighted by Crippen LogP contribution is 2.52. The van der Waals surface area contributed by atoms with Crippen molar-refractivity contribution in [3.8, 4) is 0 Å². The van der Waals surface area contributed by atoms with Gasteiger partial charge in [0.05, 0.1) is 17.7 Å². The Morgan fingerprint density at radius 1 is 1.21 bits per heavy atom. The van der Waals surface area contributed by atoms with Crippen LogP contribution in [0.1, 0.15) is 35.7 Å². The van der Waals surface area contributed by atoms with E-state index in [9.17, 15) is 14.4 Å². The molecule has 8 heteroatoms. The van der Waals surface area contributed by atoms with Crippen LogP contribution in [0.2, 0.25) is 0 Å². The number of amides is 1. The molecule has 1 saturated carbocycles. The Kier molecular flexibility index (Phi) is 6.34. The van der Waals surface area contributed by atoms with Gasteiger partial charge in [-0.05, 0) is 49.1 Å². The van der Waals surface area contributed by atoms with Crippen LogP contribution >= 0.6 is 0 Å². The fourth-order valence-corrected chi connectivity index (χ4v) is 4.60. The topological polar surface area (TPSA) is 142 Å². The van der Waals surface area contributed by atoms with Crippen LogP contribution in [0, 0.1) is 5.41 Å². The predicted molar refractivity (Wildman–Crippen MR) is 131 cm³/mol. The van der Waals surface area contributed by atoms with Crippen molar-refractivity contribution in [1.82, 2.24) is 9.97 Å². The number of allylic oxidation sites excluding steroid dienone is 4. The minimum Gasteiger partial charge on any atom is -0.360 e. The lowest BCUT2D eigenvalue weighted by molar-refractivity contribution is -0.120. The molecule has 3 heterocycles. The highest BCUT2D eigenvalue weighted by atomic mass is 16.2. The molecule has 1 spiro atoms. The summed E-state index contributed by atoms with van der Waals surface area (Å²) in [4.78, 5) is 41.8. The summed E-state index contributed by atoms with van der Waals surface area (Å²) in [5.41, 5.74) is 8.99. The predicted octanol–water partition coefficient (Wildman–Crippen LogP) is 3.47. The number of fused-ring (bicyclic) bond motifs is 3. The molecule has 1 fully saturated rings. The maximum atomic E-state index is 12.5. The molecule has 0 bridgehead atoms. The van der Waals surface area contributed by atoms with Gasteiger partial charge in [-0.2, -0.15) is 0 Å². The van der Waals surface area contributed by atoms with E-state index in [2.05, 4.69) is 15.3 Å². The lowest BCUT2D eigenvalue weighted by Gasteiger charge is -2.19. The average molecular weight is 456 g/mol. The van der Waals surface area contributed by atoms with Crippen molar-refractivity contribution in [3.05, 3.63) is 83.2 Å². The van der Waals surface area contributed by atoms with Crippen LogP contribution < -0.4 is 11.1 Å². The number of rotatable bonds is 4. The van der Waals surface area contributed by atoms with Gasteiger partial charge in [-0.15, -0.1) is 0 Å². The smallest absolute Gasteiger partial charge is 0.237 e. The molecule has 2 aliphatic rings. The Hall–Kier alpha value is -4.17. The summed E-state index contributed by atoms with van der Waals surface area (Å²) in [6.45, 7) is 1.96. The number of aromatic nitrogens is 2. The summed E-state index contributed by atoms with van der Waals surface area (Å²) in [6, 6.07) is 11.4. The van der Waals surface area contributed by atoms with Crippen molar-refractivity contribution in [2.24, 2.45) is 5.73 Å². The van der Waals surface area contributed by atoms with Crippen molar-refractivity contribution in [2.75, 3.05) is 11.9 Å². The van der Waals surface area contributed by atoms with Crippen LogP contribution in [0.15, 0.2) is 72.1 Å². The second-order valence-electron chi connectivity index (χ2n) is 8.22. The van der Waals surface area contributed by atoms with Crippen molar-refractivity contribution >= 4 is 40.4 Å². The van der Waals surface area contributed by atoms with E-state index in [-0.39, 0.29) is 23.9 Å². The second-order valence-corrected chi connectivity index (χ2v) is 8.22. The van der Waals surface area contributed by atoms with Gasteiger partial charge in [-0.25, -0.2) is 4.98 Å². The van der Waals surface area contributed by atoms with Gasteiger partial charge >= 0.3 is 0 Å². The van der Waals surface area contributed by atoms with E-state index in [1.165, 1.54) is 0 Å². The van der Waals surface area contributed by atoms with Crippen molar-refractivity contribution in [2.45, 2.75) is 25.2 Å². The number of Topliss-reactive ketones (excluding diaryl/α,β-unsaturated/α-hetero) is 1. The summed E-state index contributed by atoms with van der Waals surface area (Å²) in [7, 11) is 0. The number of ketones is 1. The summed E-state index contributed by atoms with van der Waals surface area (Å²) < 4.78 is 0. The number of pyridine rings is 1. The first-order valence-electron chi connectivity index (χ1n) is 10.9. The molecule has 1 atom stereocenters. The van der Waals surface area contributed by atoms with Crippen LogP contribution in [-0.2, 0) is 15.0 Å². The summed E-state index contributed by atoms with van der Waals surface area (Å²) in [5, 5.41) is 11.3. The first kappa shape index (κ1) is 23.0. The second kappa shape index (κ2) is 9.36. The van der Waals surface area contributed by atoms with Gasteiger partial charge in [0, 0.05) is 34.4 Å². The quantitative estimate of drug-likeness (QED) is 0.271. The third-order valence-corrected chi connectivity index (χ3v) is 6.27. The van der Waals surface area contributed by atoms with Crippen LogP contribution in [0.4, 0.5) is 5.82 Å². The maximum Gasteiger partial charge on any atom is 0.237 e. The lowest BCUT2D eigenvalue weighted by atomic mass is 9.80. The van der Waals surface area contributed by atoms with Crippen LogP contribution in [0.3, 0.4) is 0 Å². The molecule has 1 unspecified atom stereocenters. The maximum absolute atomic E-state index is 12.5. The van der Waals surface area contributed by atoms with Gasteiger partial charge in [-0.3, -0.25) is 19.8 Å². The molecule has 5 rings (SSSR count). The highest BCUT2D eigenvalue weighted by molar-refractivity contribution is 6.32. The molecule has 1 aromatic carbocycles. The van der Waals surface area contributed by atoms with E-state index in [4.69, 9.17) is 11.1 Å². The van der Waals surface area contributed by atoms with Crippen molar-refractivity contribution < 1.29 is 14.4 Å². The molecular formula is C26H25N5O3. The highest BCUT2D eigenvalue weighted by Gasteiger charge is 2.52. The zero-order valence-electron chi connectivity index (χ0n) is 18.7. The number of hydrogen-bond donors (Lipinski definition) is 4. The molecular weight excluding hydrogens is 430 g/mol. The van der Waals surface area contributed by atoms with Gasteiger partial charge in [0.1, 0.15) is 5.82 Å². The summed E-state index contributed by atoms with van der Waals surface area (Å²) in [6.07, 6.45) is 8.44. The number of benzene rings is 1. The van der Waals surface area contributed by atoms with Gasteiger partial charge in [0.15, 0.2) is 12.1 Å². The lowest BCUT2D eigenvalue weighted by Crippen LogP contribution is -2.31. The molecule has 0 radical (unpaired) electrons. The Morgan fingerprint density at radius 3 is 2.71 bits per heavy atom. The molecule has 34 heavy (non-hydrogen) atoms. The van der Waals surface area contributed by atoms with Crippen LogP contribution in [0.25, 0.3) is 10.9 Å². The SMILES string of the molecule is C/C=C1/CC2(C/C1=C/C(=N)C=O)C(=O)Nc1ncccc12.NCC(=O)c1c[nH]c2ccccc12. The van der Waals surface area contributed by atoms with Crippen LogP contribution in [-0.4, -0.2) is 40.2 Å². The number of aldehydes is 1. The van der Waals surface area contributed by atoms with Crippen molar-refractivity contribution in [3.63, 3.8) is 0 Å². The number of H-pyrrole nitrogens is 1. The largest absolute Gasteiger partial charge is 0.360 e. The molecule has 1 amide bonds. The zero-order valence-corrected chi connectivity index (χ0v) is 18.7. The normalized spacial score (nSPS) is 20.8. The molecule has 8 nitrogen and oxygen atoms in total. The molecule has 172 valence electrons. The number of nitrogens with two attached hydrogens (primary N) is 1. The standard InChI is InChI=1S/C16H15N3O2.C10H10N2O/c1-2-10-7-16(8-11(10)6-12(17)9-20)13-4-3-5-18-14(13)19-15(16)21;11-5-10(13)8-6-12-9-4-2-1-3-7(8)9/h2-6,9,17H,7-8H2,1H3,(H,18,19,21);1-4,6,12H,5,11H2/b10-2-,11-6-,17-12?;. The Balaban J connectivity index is 0.000000180. The molecule has 0 saturated heterocycles. The van der Waals surface area contributed by atoms with E-state index >= 15 is 0 Å². The van der Waals surface area contributed by atoms with E-state index < -0.39 is 5.41 Å². The first-order chi connectivity index (χ1) is 16.4. The number of carbonyl (C=O) groups excluding carboxylic acids is 3. The van der Waals surface area contributed by atoms with Crippen molar-refractivity contribution in [1.29, 1.82) is 5.41 Å². The fourth-order valence-electron chi connectivity index (χ4n) is 4.60. The molecule has 3 aromatic rings. The van der Waals surface area contributed by atoms with Crippen LogP contribution in [0.5, 0.6) is 0 Å². The third-order valence-electron chi connectivity index (χ3n) is 6.27. The third kappa shape index (κ3) is 3.99. The molecule has 1 aliphatic heterocycles. The Morgan fingerprint density at radius 2 is 1.97 bits per heavy atom. The summed E-state index contributed by atoms with van der Waals surface area (Å²) in [5.74, 6) is 0.527. The number of nitrogens with one attached hydrogen (secondary N) is 3. The number of carbonyl (C=O) groups is 3. The van der Waals surface area contributed by atoms with E-state index in [1.54, 1.807) is 18.5 Å². The van der Waals surface area contributed by atoms with Gasteiger partial charge < -0.3 is 16.0 Å². The Bertz CT molecular complexity index is 1370. The van der Waals surface area contributed by atoms with Gasteiger partial charge in [0.25, 0.3) is 0 Å². The van der Waals surface area contributed by atoms with E-state index in [1.807, 2.05) is 49.4 Å².